The predicted molar refractivity (Wildman–Crippen MR) is 85.6 cm³/mol. The quantitative estimate of drug-likeness (QED) is 0.788. The van der Waals surface area contributed by atoms with Gasteiger partial charge in [-0.1, -0.05) is 6.92 Å². The van der Waals surface area contributed by atoms with Crippen LogP contribution in [0.1, 0.15) is 31.5 Å². The van der Waals surface area contributed by atoms with E-state index in [1.807, 2.05) is 6.92 Å². The summed E-state index contributed by atoms with van der Waals surface area (Å²) in [6.07, 6.45) is 2.70. The number of nitrogens with one attached hydrogen (secondary N) is 1. The average molecular weight is 286 g/mol. The Bertz CT molecular complexity index is 778. The summed E-state index contributed by atoms with van der Waals surface area (Å²) in [5.74, 6) is 0.921. The van der Waals surface area contributed by atoms with Crippen molar-refractivity contribution in [2.24, 2.45) is 0 Å². The highest BCUT2D eigenvalue weighted by Crippen LogP contribution is 2.36. The lowest BCUT2D eigenvalue weighted by Crippen LogP contribution is -2.14. The molecule has 0 saturated heterocycles. The fraction of sp³-hybridized carbons (Fsp3) is 0.400. The van der Waals surface area contributed by atoms with Crippen LogP contribution in [0.2, 0.25) is 0 Å². The normalized spacial score (nSPS) is 13.0. The van der Waals surface area contributed by atoms with Crippen molar-refractivity contribution in [3.63, 3.8) is 0 Å². The third-order valence-corrected chi connectivity index (χ3v) is 4.63. The standard InChI is InChI=1S/C15H18N4S/c1-5-9(3)18-14-13-12(16-7-17-14)11-8(2)6-10(4)19-15(11)20-13/h6-7,9H,5H2,1-4H3,(H,16,17,18). The molecule has 0 aliphatic carbocycles. The molecule has 0 saturated carbocycles. The molecule has 1 N–H and O–H groups in total. The molecule has 0 spiro atoms. The second-order valence-electron chi connectivity index (χ2n) is 5.22. The van der Waals surface area contributed by atoms with Crippen molar-refractivity contribution in [1.82, 2.24) is 15.0 Å². The number of anilines is 1. The number of pyridine rings is 1. The van der Waals surface area contributed by atoms with Crippen LogP contribution in [0.25, 0.3) is 20.4 Å². The molecule has 1 atom stereocenters. The van der Waals surface area contributed by atoms with E-state index < -0.39 is 0 Å². The molecule has 3 aromatic heterocycles. The van der Waals surface area contributed by atoms with Gasteiger partial charge in [0.05, 0.1) is 10.2 Å². The van der Waals surface area contributed by atoms with E-state index in [1.54, 1.807) is 17.7 Å². The van der Waals surface area contributed by atoms with Crippen LogP contribution in [-0.2, 0) is 0 Å². The molecule has 0 bridgehead atoms. The molecule has 3 aromatic rings. The van der Waals surface area contributed by atoms with Gasteiger partial charge in [-0.25, -0.2) is 15.0 Å². The Morgan fingerprint density at radius 3 is 2.85 bits per heavy atom. The second kappa shape index (κ2) is 4.98. The molecule has 3 rings (SSSR count). The van der Waals surface area contributed by atoms with E-state index in [0.29, 0.717) is 6.04 Å². The van der Waals surface area contributed by atoms with Crippen molar-refractivity contribution in [2.75, 3.05) is 5.32 Å². The molecule has 0 amide bonds. The predicted octanol–water partition coefficient (Wildman–Crippen LogP) is 4.07. The fourth-order valence-corrected chi connectivity index (χ4v) is 3.55. The van der Waals surface area contributed by atoms with E-state index in [9.17, 15) is 0 Å². The minimum atomic E-state index is 0.397. The molecule has 0 radical (unpaired) electrons. The van der Waals surface area contributed by atoms with Gasteiger partial charge in [0, 0.05) is 17.1 Å². The second-order valence-corrected chi connectivity index (χ2v) is 6.22. The van der Waals surface area contributed by atoms with E-state index in [-0.39, 0.29) is 0 Å². The van der Waals surface area contributed by atoms with Gasteiger partial charge in [0.1, 0.15) is 17.0 Å². The Kier molecular flexibility index (Phi) is 3.30. The van der Waals surface area contributed by atoms with Crippen molar-refractivity contribution < 1.29 is 0 Å². The molecule has 1 unspecified atom stereocenters. The van der Waals surface area contributed by atoms with Gasteiger partial charge >= 0.3 is 0 Å². The minimum Gasteiger partial charge on any atom is -0.366 e. The summed E-state index contributed by atoms with van der Waals surface area (Å²) in [4.78, 5) is 14.6. The van der Waals surface area contributed by atoms with E-state index >= 15 is 0 Å². The Morgan fingerprint density at radius 2 is 2.10 bits per heavy atom. The van der Waals surface area contributed by atoms with E-state index in [0.717, 1.165) is 38.4 Å². The molecule has 0 fully saturated rings. The van der Waals surface area contributed by atoms with Crippen molar-refractivity contribution in [3.05, 3.63) is 23.7 Å². The van der Waals surface area contributed by atoms with Crippen molar-refractivity contribution >= 4 is 37.6 Å². The number of fused-ring (bicyclic) bond motifs is 3. The van der Waals surface area contributed by atoms with Crippen molar-refractivity contribution in [3.8, 4) is 0 Å². The zero-order valence-electron chi connectivity index (χ0n) is 12.2. The van der Waals surface area contributed by atoms with Crippen LogP contribution in [-0.4, -0.2) is 21.0 Å². The lowest BCUT2D eigenvalue weighted by Gasteiger charge is -2.11. The molecule has 104 valence electrons. The molecule has 3 heterocycles. The first-order valence-electron chi connectivity index (χ1n) is 6.88. The monoisotopic (exact) mass is 286 g/mol. The average Bonchev–Trinajstić information content (AvgIpc) is 2.77. The number of hydrogen-bond donors (Lipinski definition) is 1. The zero-order chi connectivity index (χ0) is 14.3. The maximum absolute atomic E-state index is 4.64. The van der Waals surface area contributed by atoms with Crippen LogP contribution in [0.4, 0.5) is 5.82 Å². The van der Waals surface area contributed by atoms with E-state index in [2.05, 4.69) is 47.1 Å². The van der Waals surface area contributed by atoms with Gasteiger partial charge in [-0.15, -0.1) is 11.3 Å². The lowest BCUT2D eigenvalue weighted by molar-refractivity contribution is 0.760. The molecule has 4 nitrogen and oxygen atoms in total. The lowest BCUT2D eigenvalue weighted by atomic mass is 10.1. The van der Waals surface area contributed by atoms with Crippen LogP contribution in [0.5, 0.6) is 0 Å². The summed E-state index contributed by atoms with van der Waals surface area (Å²) in [6.45, 7) is 8.47. The summed E-state index contributed by atoms with van der Waals surface area (Å²) in [5.41, 5.74) is 3.29. The summed E-state index contributed by atoms with van der Waals surface area (Å²) >= 11 is 1.67. The van der Waals surface area contributed by atoms with Gasteiger partial charge in [0.25, 0.3) is 0 Å². The Morgan fingerprint density at radius 1 is 1.30 bits per heavy atom. The first-order valence-corrected chi connectivity index (χ1v) is 7.69. The molecule has 0 aliphatic heterocycles. The Balaban J connectivity index is 2.27. The van der Waals surface area contributed by atoms with E-state index in [1.165, 1.54) is 5.56 Å². The third-order valence-electron chi connectivity index (χ3n) is 3.55. The third kappa shape index (κ3) is 2.12. The molecular formula is C15H18N4S. The summed E-state index contributed by atoms with van der Waals surface area (Å²) < 4.78 is 1.10. The van der Waals surface area contributed by atoms with Crippen LogP contribution in [0.15, 0.2) is 12.4 Å². The molecule has 0 aliphatic rings. The van der Waals surface area contributed by atoms with E-state index in [4.69, 9.17) is 0 Å². The number of aromatic nitrogens is 3. The first kappa shape index (κ1) is 13.2. The fourth-order valence-electron chi connectivity index (χ4n) is 2.35. The van der Waals surface area contributed by atoms with Gasteiger partial charge in [0.2, 0.25) is 0 Å². The first-order chi connectivity index (χ1) is 9.60. The number of hydrogen-bond acceptors (Lipinski definition) is 5. The summed E-state index contributed by atoms with van der Waals surface area (Å²) in [7, 11) is 0. The Labute approximate surface area is 122 Å². The molecular weight excluding hydrogens is 268 g/mol. The maximum Gasteiger partial charge on any atom is 0.147 e. The largest absolute Gasteiger partial charge is 0.366 e. The maximum atomic E-state index is 4.64. The van der Waals surface area contributed by atoms with Crippen molar-refractivity contribution in [1.29, 1.82) is 0 Å². The molecule has 20 heavy (non-hydrogen) atoms. The highest BCUT2D eigenvalue weighted by molar-refractivity contribution is 7.26. The van der Waals surface area contributed by atoms with Crippen LogP contribution < -0.4 is 5.32 Å². The highest BCUT2D eigenvalue weighted by atomic mass is 32.1. The molecule has 0 aromatic carbocycles. The van der Waals surface area contributed by atoms with Gasteiger partial charge in [0.15, 0.2) is 0 Å². The summed E-state index contributed by atoms with van der Waals surface area (Å²) in [5, 5.41) is 4.62. The zero-order valence-corrected chi connectivity index (χ0v) is 13.0. The number of aryl methyl sites for hydroxylation is 2. The highest BCUT2D eigenvalue weighted by Gasteiger charge is 2.15. The van der Waals surface area contributed by atoms with Gasteiger partial charge in [-0.2, -0.15) is 0 Å². The van der Waals surface area contributed by atoms with Crippen LogP contribution in [0, 0.1) is 13.8 Å². The SMILES string of the molecule is CCC(C)Nc1ncnc2c1sc1nc(C)cc(C)c12. The van der Waals surface area contributed by atoms with Gasteiger partial charge < -0.3 is 5.32 Å². The van der Waals surface area contributed by atoms with Gasteiger partial charge in [-0.05, 0) is 38.8 Å². The number of nitrogens with zero attached hydrogens (tertiary/aromatic N) is 3. The molecule has 5 heteroatoms. The number of rotatable bonds is 3. The smallest absolute Gasteiger partial charge is 0.147 e. The minimum absolute atomic E-state index is 0.397. The topological polar surface area (TPSA) is 50.7 Å². The summed E-state index contributed by atoms with van der Waals surface area (Å²) in [6, 6.07) is 2.51. The van der Waals surface area contributed by atoms with Crippen LogP contribution in [0.3, 0.4) is 0 Å². The van der Waals surface area contributed by atoms with Gasteiger partial charge in [-0.3, -0.25) is 0 Å². The Hall–Kier alpha value is -1.75. The number of thiophene rings is 1. The van der Waals surface area contributed by atoms with Crippen molar-refractivity contribution in [2.45, 2.75) is 40.2 Å². The van der Waals surface area contributed by atoms with Crippen LogP contribution >= 0.6 is 11.3 Å².